The number of nitrogens with zero attached hydrogens (tertiary/aromatic N) is 3. The molecule has 0 saturated heterocycles. The average Bonchev–Trinajstić information content (AvgIpc) is 2.42. The summed E-state index contributed by atoms with van der Waals surface area (Å²) in [6, 6.07) is -1.05. The molecule has 0 aromatic rings. The highest BCUT2D eigenvalue weighted by Crippen LogP contribution is 2.14. The minimum atomic E-state index is -1.15. The molecular weight excluding hydrogens is 274 g/mol. The Hall–Kier alpha value is -2.26. The van der Waals surface area contributed by atoms with Gasteiger partial charge in [-0.05, 0) is 5.92 Å². The van der Waals surface area contributed by atoms with Crippen LogP contribution in [0, 0.1) is 11.1 Å². The molecule has 0 amide bonds. The van der Waals surface area contributed by atoms with Gasteiger partial charge in [-0.15, -0.1) is 5.01 Å². The van der Waals surface area contributed by atoms with Crippen LogP contribution in [0.3, 0.4) is 0 Å². The fourth-order valence-electron chi connectivity index (χ4n) is 1.37. The molecule has 0 unspecified atom stereocenters. The van der Waals surface area contributed by atoms with Crippen molar-refractivity contribution in [2.75, 3.05) is 21.0 Å². The lowest BCUT2D eigenvalue weighted by atomic mass is 9.99. The van der Waals surface area contributed by atoms with Crippen molar-refractivity contribution in [1.82, 2.24) is 5.01 Å². The van der Waals surface area contributed by atoms with Gasteiger partial charge in [0.15, 0.2) is 6.04 Å². The lowest BCUT2D eigenvalue weighted by Gasteiger charge is -2.24. The third kappa shape index (κ3) is 5.59. The summed E-state index contributed by atoms with van der Waals surface area (Å²) in [5.41, 5.74) is 0. The number of likely N-dealkylation sites (N-methyl/N-ethyl adjacent to an activating group) is 1. The zero-order valence-corrected chi connectivity index (χ0v) is 11.8. The number of rotatable bonds is 8. The van der Waals surface area contributed by atoms with Crippen LogP contribution in [0.4, 0.5) is 4.79 Å². The van der Waals surface area contributed by atoms with Gasteiger partial charge in [-0.3, -0.25) is 0 Å². The first-order valence-corrected chi connectivity index (χ1v) is 5.81. The summed E-state index contributed by atoms with van der Waals surface area (Å²) in [6.45, 7) is 2.88. The number of aliphatic carboxylic acids is 1. The summed E-state index contributed by atoms with van der Waals surface area (Å²) < 4.78 is 8.48. The Kier molecular flexibility index (Phi) is 7.78. The van der Waals surface area contributed by atoms with Gasteiger partial charge in [0.2, 0.25) is 5.28 Å². The molecule has 10 nitrogen and oxygen atoms in total. The van der Waals surface area contributed by atoms with Crippen molar-refractivity contribution >= 4 is 12.1 Å². The van der Waals surface area contributed by atoms with Gasteiger partial charge in [0, 0.05) is 0 Å². The van der Waals surface area contributed by atoms with E-state index in [2.05, 4.69) is 19.6 Å². The third-order valence-corrected chi connectivity index (χ3v) is 2.63. The summed E-state index contributed by atoms with van der Waals surface area (Å²) in [5.74, 6) is -1.42. The van der Waals surface area contributed by atoms with E-state index in [1.165, 1.54) is 7.05 Å². The molecule has 2 atom stereocenters. The number of carboxylic acids is 1. The fourth-order valence-corrected chi connectivity index (χ4v) is 1.37. The SMILES string of the molecule is CC[C@@H](C)[C@@H](C(=O)O)N(C)/[N+]([O-])=N/OCOC(=O)OC. The zero-order valence-electron chi connectivity index (χ0n) is 11.8. The molecule has 1 N–H and O–H groups in total. The van der Waals surface area contributed by atoms with Crippen molar-refractivity contribution in [3.63, 3.8) is 0 Å². The number of carbonyl (C=O) groups excluding carboxylic acids is 1. The molecule has 20 heavy (non-hydrogen) atoms. The molecule has 0 saturated carbocycles. The molecule has 0 aliphatic heterocycles. The maximum absolute atomic E-state index is 11.5. The lowest BCUT2D eigenvalue weighted by molar-refractivity contribution is -0.712. The number of hydrogen-bond donors (Lipinski definition) is 1. The van der Waals surface area contributed by atoms with Gasteiger partial charge < -0.3 is 24.6 Å². The van der Waals surface area contributed by atoms with Crippen LogP contribution >= 0.6 is 0 Å². The van der Waals surface area contributed by atoms with Gasteiger partial charge in [0.05, 0.1) is 19.1 Å². The number of hydrogen-bond acceptors (Lipinski definition) is 7. The predicted molar refractivity (Wildman–Crippen MR) is 64.1 cm³/mol. The van der Waals surface area contributed by atoms with Crippen LogP contribution in [-0.4, -0.2) is 54.2 Å². The summed E-state index contributed by atoms with van der Waals surface area (Å²) in [5, 5.41) is 24.6. The van der Waals surface area contributed by atoms with E-state index in [-0.39, 0.29) is 10.9 Å². The van der Waals surface area contributed by atoms with Crippen molar-refractivity contribution in [2.45, 2.75) is 26.3 Å². The quantitative estimate of drug-likeness (QED) is 0.175. The maximum Gasteiger partial charge on any atom is 0.510 e. The van der Waals surface area contributed by atoms with E-state index in [4.69, 9.17) is 5.11 Å². The normalized spacial score (nSPS) is 14.1. The summed E-state index contributed by atoms with van der Waals surface area (Å²) in [6.07, 6.45) is -0.421. The van der Waals surface area contributed by atoms with E-state index >= 15 is 0 Å². The van der Waals surface area contributed by atoms with Crippen LogP contribution in [0.15, 0.2) is 5.28 Å². The Morgan fingerprint density at radius 1 is 1.50 bits per heavy atom. The molecule has 10 heteroatoms. The second kappa shape index (κ2) is 8.77. The van der Waals surface area contributed by atoms with E-state index in [9.17, 15) is 14.8 Å². The summed E-state index contributed by atoms with van der Waals surface area (Å²) in [7, 11) is 2.38. The van der Waals surface area contributed by atoms with Crippen molar-refractivity contribution in [3.8, 4) is 0 Å². The first-order chi connectivity index (χ1) is 9.34. The smallest absolute Gasteiger partial charge is 0.510 e. The highest BCUT2D eigenvalue weighted by Gasteiger charge is 2.33. The highest BCUT2D eigenvalue weighted by molar-refractivity contribution is 5.73. The van der Waals surface area contributed by atoms with Gasteiger partial charge in [-0.1, -0.05) is 20.3 Å². The van der Waals surface area contributed by atoms with Crippen molar-refractivity contribution in [2.24, 2.45) is 11.2 Å². The zero-order chi connectivity index (χ0) is 15.7. The number of hydrazine groups is 1. The van der Waals surface area contributed by atoms with Gasteiger partial charge >= 0.3 is 12.1 Å². The number of ether oxygens (including phenoxy) is 2. The minimum Gasteiger partial charge on any atom is -0.569 e. The van der Waals surface area contributed by atoms with Crippen LogP contribution in [0.5, 0.6) is 0 Å². The average molecular weight is 293 g/mol. The molecule has 0 fully saturated rings. The maximum atomic E-state index is 11.5. The lowest BCUT2D eigenvalue weighted by Crippen LogP contribution is -2.46. The van der Waals surface area contributed by atoms with E-state index < -0.39 is 25.0 Å². The van der Waals surface area contributed by atoms with Gasteiger partial charge in [0.1, 0.15) is 0 Å². The minimum absolute atomic E-state index is 0.0222. The van der Waals surface area contributed by atoms with Crippen LogP contribution < -0.4 is 0 Å². The predicted octanol–water partition coefficient (Wildman–Crippen LogP) is 0.967. The number of carbonyl (C=O) groups is 2. The largest absolute Gasteiger partial charge is 0.569 e. The first-order valence-electron chi connectivity index (χ1n) is 5.81. The fraction of sp³-hybridized carbons (Fsp3) is 0.800. The summed E-state index contributed by atoms with van der Waals surface area (Å²) in [4.78, 5) is 26.1. The van der Waals surface area contributed by atoms with Crippen LogP contribution in [0.2, 0.25) is 0 Å². The Balaban J connectivity index is 4.52. The van der Waals surface area contributed by atoms with Gasteiger partial charge in [0.25, 0.3) is 6.79 Å². The molecule has 0 rings (SSSR count). The van der Waals surface area contributed by atoms with Crippen molar-refractivity contribution in [1.29, 1.82) is 0 Å². The molecule has 0 bridgehead atoms. The van der Waals surface area contributed by atoms with Crippen molar-refractivity contribution in [3.05, 3.63) is 5.21 Å². The van der Waals surface area contributed by atoms with Crippen molar-refractivity contribution < 1.29 is 34.0 Å². The Morgan fingerprint density at radius 2 is 2.10 bits per heavy atom. The molecule has 0 aromatic heterocycles. The monoisotopic (exact) mass is 293 g/mol. The second-order valence-corrected chi connectivity index (χ2v) is 3.92. The van der Waals surface area contributed by atoms with Gasteiger partial charge in [-0.25, -0.2) is 9.59 Å². The molecule has 0 aliphatic carbocycles. The summed E-state index contributed by atoms with van der Waals surface area (Å²) >= 11 is 0. The molecule has 0 aromatic carbocycles. The second-order valence-electron chi connectivity index (χ2n) is 3.92. The standard InChI is InChI=1S/C10H19N3O7/c1-5-7(2)8(9(14)15)12(3)13(17)11-20-6-19-10(16)18-4/h7-8H,5-6H2,1-4H3,(H,14,15)/b13-11-/t7-,8+/m1/s1. The Bertz CT molecular complexity index is 361. The molecule has 116 valence electrons. The van der Waals surface area contributed by atoms with Crippen LogP contribution in [0.1, 0.15) is 20.3 Å². The van der Waals surface area contributed by atoms with Gasteiger partial charge in [-0.2, -0.15) is 0 Å². The molecule has 0 heterocycles. The van der Waals surface area contributed by atoms with E-state index in [1.807, 2.05) is 0 Å². The molecular formula is C10H19N3O7. The Labute approximate surface area is 116 Å². The number of carboxylic acid groups (broad SMARTS) is 1. The molecule has 0 spiro atoms. The molecule has 0 radical (unpaired) electrons. The topological polar surface area (TPSA) is 124 Å². The third-order valence-electron chi connectivity index (χ3n) is 2.63. The number of methoxy groups -OCH3 is 1. The van der Waals surface area contributed by atoms with E-state index in [1.54, 1.807) is 13.8 Å². The first kappa shape index (κ1) is 17.7. The van der Waals surface area contributed by atoms with E-state index in [0.717, 1.165) is 12.1 Å². The highest BCUT2D eigenvalue weighted by atomic mass is 16.8. The Morgan fingerprint density at radius 3 is 2.55 bits per heavy atom. The van der Waals surface area contributed by atoms with Crippen LogP contribution in [0.25, 0.3) is 0 Å². The van der Waals surface area contributed by atoms with E-state index in [0.29, 0.717) is 6.42 Å². The molecule has 0 aliphatic rings. The van der Waals surface area contributed by atoms with Crippen LogP contribution in [-0.2, 0) is 19.1 Å².